The molecule has 0 saturated heterocycles. The largest absolute Gasteiger partial charge is 0.478 e. The molecule has 39 heavy (non-hydrogen) atoms. The molecule has 1 aromatic rings. The smallest absolute Gasteiger partial charge is 0.336 e. The first kappa shape index (κ1) is 34.7. The number of aromatic carboxylic acids is 3. The highest BCUT2D eigenvalue weighted by molar-refractivity contribution is 6.07. The van der Waals surface area contributed by atoms with Crippen LogP contribution in [0.2, 0.25) is 0 Å². The van der Waals surface area contributed by atoms with Crippen LogP contribution in [0.25, 0.3) is 0 Å². The molecule has 6 heteroatoms. The molecule has 222 valence electrons. The summed E-state index contributed by atoms with van der Waals surface area (Å²) in [6.07, 6.45) is 12.1. The third-order valence-corrected chi connectivity index (χ3v) is 7.59. The van der Waals surface area contributed by atoms with Gasteiger partial charge in [0.05, 0.1) is 16.7 Å². The fourth-order valence-corrected chi connectivity index (χ4v) is 5.54. The zero-order valence-corrected chi connectivity index (χ0v) is 25.4. The van der Waals surface area contributed by atoms with Crippen molar-refractivity contribution in [2.24, 2.45) is 17.8 Å². The van der Waals surface area contributed by atoms with Gasteiger partial charge in [0.25, 0.3) is 0 Å². The van der Waals surface area contributed by atoms with Crippen LogP contribution in [-0.4, -0.2) is 33.2 Å². The van der Waals surface area contributed by atoms with E-state index in [9.17, 15) is 29.7 Å². The van der Waals surface area contributed by atoms with Crippen LogP contribution >= 0.6 is 0 Å². The van der Waals surface area contributed by atoms with E-state index in [0.29, 0.717) is 54.6 Å². The van der Waals surface area contributed by atoms with Gasteiger partial charge < -0.3 is 15.3 Å². The summed E-state index contributed by atoms with van der Waals surface area (Å²) >= 11 is 0. The van der Waals surface area contributed by atoms with Crippen LogP contribution in [0.4, 0.5) is 0 Å². The third kappa shape index (κ3) is 12.1. The Balaban J connectivity index is 3.56. The summed E-state index contributed by atoms with van der Waals surface area (Å²) in [6.45, 7) is 13.0. The molecule has 6 nitrogen and oxygen atoms in total. The Hall–Kier alpha value is -2.37. The minimum Gasteiger partial charge on any atom is -0.478 e. The van der Waals surface area contributed by atoms with Crippen LogP contribution in [-0.2, 0) is 19.3 Å². The molecule has 0 aliphatic heterocycles. The normalized spacial score (nSPS) is 11.6. The summed E-state index contributed by atoms with van der Waals surface area (Å²) in [7, 11) is 0. The maximum Gasteiger partial charge on any atom is 0.336 e. The Morgan fingerprint density at radius 3 is 1.03 bits per heavy atom. The maximum absolute atomic E-state index is 12.7. The van der Waals surface area contributed by atoms with E-state index in [2.05, 4.69) is 41.5 Å². The highest BCUT2D eigenvalue weighted by atomic mass is 16.4. The van der Waals surface area contributed by atoms with Crippen molar-refractivity contribution in [3.63, 3.8) is 0 Å². The van der Waals surface area contributed by atoms with Crippen LogP contribution in [0.5, 0.6) is 0 Å². The van der Waals surface area contributed by atoms with Gasteiger partial charge in [0.1, 0.15) is 0 Å². The number of carboxylic acids is 3. The summed E-state index contributed by atoms with van der Waals surface area (Å²) < 4.78 is 0. The minimum absolute atomic E-state index is 0.0438. The van der Waals surface area contributed by atoms with E-state index in [1.807, 2.05) is 0 Å². The molecule has 3 N–H and O–H groups in total. The van der Waals surface area contributed by atoms with Crippen molar-refractivity contribution in [2.45, 2.75) is 138 Å². The maximum atomic E-state index is 12.7. The van der Waals surface area contributed by atoms with Gasteiger partial charge in [-0.1, -0.05) is 99.3 Å². The van der Waals surface area contributed by atoms with E-state index in [1.165, 1.54) is 0 Å². The summed E-state index contributed by atoms with van der Waals surface area (Å²) in [5.41, 5.74) is 0.708. The Kier molecular flexibility index (Phi) is 16.1. The number of carboxylic acid groups (broad SMARTS) is 3. The number of rotatable bonds is 21. The highest BCUT2D eigenvalue weighted by Gasteiger charge is 2.32. The van der Waals surface area contributed by atoms with Gasteiger partial charge in [0.2, 0.25) is 0 Å². The van der Waals surface area contributed by atoms with Crippen LogP contribution < -0.4 is 0 Å². The van der Waals surface area contributed by atoms with E-state index < -0.39 is 17.9 Å². The van der Waals surface area contributed by atoms with Crippen LogP contribution in [0.1, 0.15) is 166 Å². The second kappa shape index (κ2) is 18.1. The molecule has 1 rings (SSSR count). The lowest BCUT2D eigenvalue weighted by molar-refractivity contribution is 0.0646. The summed E-state index contributed by atoms with van der Waals surface area (Å²) in [6, 6.07) is 0. The summed E-state index contributed by atoms with van der Waals surface area (Å²) in [5.74, 6) is -2.03. The van der Waals surface area contributed by atoms with Crippen LogP contribution in [0.3, 0.4) is 0 Å². The predicted molar refractivity (Wildman–Crippen MR) is 158 cm³/mol. The molecule has 0 amide bonds. The topological polar surface area (TPSA) is 112 Å². The van der Waals surface area contributed by atoms with Gasteiger partial charge in [0.15, 0.2) is 0 Å². The van der Waals surface area contributed by atoms with Gasteiger partial charge in [-0.2, -0.15) is 0 Å². The van der Waals surface area contributed by atoms with Crippen LogP contribution in [0.15, 0.2) is 0 Å². The molecular weight excluding hydrogens is 492 g/mol. The van der Waals surface area contributed by atoms with Gasteiger partial charge in [-0.3, -0.25) is 0 Å². The van der Waals surface area contributed by atoms with Crippen molar-refractivity contribution in [1.29, 1.82) is 0 Å². The van der Waals surface area contributed by atoms with Gasteiger partial charge in [-0.05, 0) is 73.0 Å². The molecule has 0 bridgehead atoms. The molecule has 0 heterocycles. The van der Waals surface area contributed by atoms with Gasteiger partial charge in [-0.25, -0.2) is 14.4 Å². The Morgan fingerprint density at radius 1 is 0.436 bits per heavy atom. The van der Waals surface area contributed by atoms with Gasteiger partial charge >= 0.3 is 17.9 Å². The first-order valence-electron chi connectivity index (χ1n) is 15.3. The summed E-state index contributed by atoms with van der Waals surface area (Å²) in [5, 5.41) is 30.9. The number of benzene rings is 1. The number of unbranched alkanes of at least 4 members (excludes halogenated alkanes) is 6. The molecule has 0 fully saturated rings. The number of hydrogen-bond acceptors (Lipinski definition) is 3. The predicted octanol–water partition coefficient (Wildman–Crippen LogP) is 9.06. The van der Waals surface area contributed by atoms with E-state index in [0.717, 1.165) is 64.2 Å². The van der Waals surface area contributed by atoms with E-state index >= 15 is 0 Å². The molecule has 0 aliphatic rings. The average Bonchev–Trinajstić information content (AvgIpc) is 2.82. The van der Waals surface area contributed by atoms with E-state index in [4.69, 9.17) is 0 Å². The fraction of sp³-hybridized carbons (Fsp3) is 0.727. The fourth-order valence-electron chi connectivity index (χ4n) is 5.54. The molecule has 0 spiro atoms. The van der Waals surface area contributed by atoms with E-state index in [1.54, 1.807) is 0 Å². The summed E-state index contributed by atoms with van der Waals surface area (Å²) in [4.78, 5) is 37.8. The molecule has 0 saturated carbocycles. The Morgan fingerprint density at radius 2 is 0.718 bits per heavy atom. The molecule has 0 unspecified atom stereocenters. The van der Waals surface area contributed by atoms with Crippen molar-refractivity contribution in [1.82, 2.24) is 0 Å². The standard InChI is InChI=1S/C33H54O6/c1-22(2)16-10-7-13-19-25-26(20-14-8-11-17-23(3)4)29(32(36)37)30(33(38)39)27(28(25)31(34)35)21-15-9-12-18-24(5)6/h22-24H,7-21H2,1-6H3,(H,34,35)(H,36,37)(H,38,39). The highest BCUT2D eigenvalue weighted by Crippen LogP contribution is 2.33. The number of carbonyl (C=O) groups is 3. The zero-order valence-electron chi connectivity index (χ0n) is 25.4. The monoisotopic (exact) mass is 546 g/mol. The first-order chi connectivity index (χ1) is 18.4. The van der Waals surface area contributed by atoms with Crippen molar-refractivity contribution in [3.8, 4) is 0 Å². The molecular formula is C33H54O6. The second-order valence-corrected chi connectivity index (χ2v) is 12.5. The molecule has 1 aromatic carbocycles. The average molecular weight is 547 g/mol. The van der Waals surface area contributed by atoms with Crippen molar-refractivity contribution < 1.29 is 29.7 Å². The quantitative estimate of drug-likeness (QED) is 0.133. The molecule has 0 radical (unpaired) electrons. The van der Waals surface area contributed by atoms with Crippen molar-refractivity contribution in [2.75, 3.05) is 0 Å². The van der Waals surface area contributed by atoms with Gasteiger partial charge in [-0.15, -0.1) is 0 Å². The Bertz CT molecular complexity index is 929. The minimum atomic E-state index is -1.35. The van der Waals surface area contributed by atoms with Crippen molar-refractivity contribution in [3.05, 3.63) is 33.4 Å². The lowest BCUT2D eigenvalue weighted by Gasteiger charge is -2.23. The number of hydrogen-bond donors (Lipinski definition) is 3. The second-order valence-electron chi connectivity index (χ2n) is 12.5. The first-order valence-corrected chi connectivity index (χ1v) is 15.3. The van der Waals surface area contributed by atoms with E-state index in [-0.39, 0.29) is 28.7 Å². The van der Waals surface area contributed by atoms with Gasteiger partial charge in [0, 0.05) is 0 Å². The van der Waals surface area contributed by atoms with Crippen LogP contribution in [0, 0.1) is 17.8 Å². The zero-order chi connectivity index (χ0) is 29.5. The molecule has 0 aliphatic carbocycles. The molecule has 0 atom stereocenters. The van der Waals surface area contributed by atoms with Crippen molar-refractivity contribution >= 4 is 17.9 Å². The lowest BCUT2D eigenvalue weighted by Crippen LogP contribution is -2.22. The molecule has 0 aromatic heterocycles. The lowest BCUT2D eigenvalue weighted by atomic mass is 9.80. The SMILES string of the molecule is CC(C)CCCCCc1c(CCCCCC(C)C)c(C(=O)O)c(C(=O)O)c(CCCCCC(C)C)c1C(=O)O. The third-order valence-electron chi connectivity index (χ3n) is 7.59. The Labute approximate surface area is 236 Å².